The Bertz CT molecular complexity index is 685. The van der Waals surface area contributed by atoms with Crippen LogP contribution in [0.1, 0.15) is 10.4 Å². The van der Waals surface area contributed by atoms with Gasteiger partial charge in [0.2, 0.25) is 0 Å². The van der Waals surface area contributed by atoms with Crippen LogP contribution in [-0.2, 0) is 0 Å². The van der Waals surface area contributed by atoms with E-state index in [1.54, 1.807) is 0 Å². The standard InChI is InChI=1S/C14H10N2O/c17-9-13-8-15-16-14(13)12-6-5-10-3-1-2-4-11(10)7-12/h1-9H,(H,15,16). The van der Waals surface area contributed by atoms with Gasteiger partial charge in [0.1, 0.15) is 0 Å². The second-order valence-electron chi connectivity index (χ2n) is 3.88. The minimum absolute atomic E-state index is 0.584. The van der Waals surface area contributed by atoms with E-state index in [2.05, 4.69) is 28.4 Å². The van der Waals surface area contributed by atoms with Crippen molar-refractivity contribution in [1.82, 2.24) is 10.2 Å². The van der Waals surface area contributed by atoms with Crippen LogP contribution in [0.5, 0.6) is 0 Å². The maximum atomic E-state index is 10.9. The summed E-state index contributed by atoms with van der Waals surface area (Å²) in [5, 5.41) is 9.08. The Morgan fingerprint density at radius 3 is 2.71 bits per heavy atom. The lowest BCUT2D eigenvalue weighted by Gasteiger charge is -2.02. The Balaban J connectivity index is 2.21. The average Bonchev–Trinajstić information content (AvgIpc) is 2.86. The number of fused-ring (bicyclic) bond motifs is 1. The highest BCUT2D eigenvalue weighted by atomic mass is 16.1. The third-order valence-corrected chi connectivity index (χ3v) is 2.83. The molecule has 17 heavy (non-hydrogen) atoms. The van der Waals surface area contributed by atoms with Gasteiger partial charge in [0.05, 0.1) is 17.5 Å². The molecule has 1 aromatic heterocycles. The van der Waals surface area contributed by atoms with Gasteiger partial charge < -0.3 is 0 Å². The molecule has 1 N–H and O–H groups in total. The van der Waals surface area contributed by atoms with Gasteiger partial charge in [0.25, 0.3) is 0 Å². The fourth-order valence-corrected chi connectivity index (χ4v) is 1.96. The molecule has 0 radical (unpaired) electrons. The molecule has 0 unspecified atom stereocenters. The third kappa shape index (κ3) is 1.61. The van der Waals surface area contributed by atoms with E-state index < -0.39 is 0 Å². The van der Waals surface area contributed by atoms with Gasteiger partial charge in [-0.2, -0.15) is 5.10 Å². The fourth-order valence-electron chi connectivity index (χ4n) is 1.96. The van der Waals surface area contributed by atoms with Crippen LogP contribution >= 0.6 is 0 Å². The first-order valence-corrected chi connectivity index (χ1v) is 5.36. The zero-order valence-electron chi connectivity index (χ0n) is 9.05. The molecule has 0 fully saturated rings. The van der Waals surface area contributed by atoms with Crippen LogP contribution in [0.15, 0.2) is 48.7 Å². The van der Waals surface area contributed by atoms with Crippen LogP contribution in [0.4, 0.5) is 0 Å². The van der Waals surface area contributed by atoms with Gasteiger partial charge in [0, 0.05) is 5.56 Å². The second-order valence-corrected chi connectivity index (χ2v) is 3.88. The maximum absolute atomic E-state index is 10.9. The molecular formula is C14H10N2O. The minimum atomic E-state index is 0.584. The summed E-state index contributed by atoms with van der Waals surface area (Å²) < 4.78 is 0. The molecule has 0 saturated heterocycles. The summed E-state index contributed by atoms with van der Waals surface area (Å²) in [6.45, 7) is 0. The van der Waals surface area contributed by atoms with E-state index in [9.17, 15) is 4.79 Å². The molecule has 1 heterocycles. The van der Waals surface area contributed by atoms with E-state index in [1.165, 1.54) is 11.6 Å². The predicted octanol–water partition coefficient (Wildman–Crippen LogP) is 3.04. The smallest absolute Gasteiger partial charge is 0.153 e. The number of carbonyl (C=O) groups is 1. The molecule has 3 nitrogen and oxygen atoms in total. The summed E-state index contributed by atoms with van der Waals surface area (Å²) in [5.41, 5.74) is 2.33. The highest BCUT2D eigenvalue weighted by Gasteiger charge is 2.06. The fraction of sp³-hybridized carbons (Fsp3) is 0. The van der Waals surface area contributed by atoms with Gasteiger partial charge in [-0.3, -0.25) is 9.89 Å². The van der Waals surface area contributed by atoms with Crippen LogP contribution in [-0.4, -0.2) is 16.5 Å². The molecule has 0 bridgehead atoms. The first kappa shape index (κ1) is 9.78. The molecule has 0 aliphatic rings. The number of aromatic nitrogens is 2. The molecule has 82 valence electrons. The summed E-state index contributed by atoms with van der Waals surface area (Å²) in [6, 6.07) is 14.2. The number of aromatic amines is 1. The number of nitrogens with one attached hydrogen (secondary N) is 1. The van der Waals surface area contributed by atoms with Crippen molar-refractivity contribution in [2.75, 3.05) is 0 Å². The monoisotopic (exact) mass is 222 g/mol. The zero-order valence-corrected chi connectivity index (χ0v) is 9.05. The number of hydrogen-bond donors (Lipinski definition) is 1. The molecule has 3 heteroatoms. The van der Waals surface area contributed by atoms with Crippen LogP contribution in [0.2, 0.25) is 0 Å². The zero-order chi connectivity index (χ0) is 11.7. The van der Waals surface area contributed by atoms with E-state index in [0.29, 0.717) is 5.56 Å². The van der Waals surface area contributed by atoms with Crippen molar-refractivity contribution in [1.29, 1.82) is 0 Å². The first-order chi connectivity index (χ1) is 8.38. The quantitative estimate of drug-likeness (QED) is 0.677. The summed E-state index contributed by atoms with van der Waals surface area (Å²) in [7, 11) is 0. The molecule has 0 spiro atoms. The molecule has 0 atom stereocenters. The highest BCUT2D eigenvalue weighted by molar-refractivity contribution is 5.91. The van der Waals surface area contributed by atoms with Crippen molar-refractivity contribution in [3.8, 4) is 11.3 Å². The minimum Gasteiger partial charge on any atom is -0.298 e. The molecule has 3 rings (SSSR count). The van der Waals surface area contributed by atoms with Crippen molar-refractivity contribution in [2.24, 2.45) is 0 Å². The SMILES string of the molecule is O=Cc1cn[nH]c1-c1ccc2ccccc2c1. The van der Waals surface area contributed by atoms with Gasteiger partial charge in [-0.15, -0.1) is 0 Å². The van der Waals surface area contributed by atoms with Crippen molar-refractivity contribution in [3.63, 3.8) is 0 Å². The molecule has 0 aliphatic heterocycles. The summed E-state index contributed by atoms with van der Waals surface area (Å²) in [5.74, 6) is 0. The molecule has 3 aromatic rings. The van der Waals surface area contributed by atoms with Gasteiger partial charge >= 0.3 is 0 Å². The Hall–Kier alpha value is -2.42. The van der Waals surface area contributed by atoms with E-state index in [0.717, 1.165) is 22.9 Å². The largest absolute Gasteiger partial charge is 0.298 e. The Labute approximate surface area is 98.1 Å². The van der Waals surface area contributed by atoms with Crippen LogP contribution < -0.4 is 0 Å². The molecule has 0 saturated carbocycles. The van der Waals surface area contributed by atoms with Gasteiger partial charge in [-0.25, -0.2) is 0 Å². The van der Waals surface area contributed by atoms with E-state index in [4.69, 9.17) is 0 Å². The number of carbonyl (C=O) groups excluding carboxylic acids is 1. The summed E-state index contributed by atoms with van der Waals surface area (Å²) >= 11 is 0. The number of hydrogen-bond acceptors (Lipinski definition) is 2. The molecule has 0 amide bonds. The number of H-pyrrole nitrogens is 1. The summed E-state index contributed by atoms with van der Waals surface area (Å²) in [6.07, 6.45) is 2.35. The lowest BCUT2D eigenvalue weighted by molar-refractivity contribution is 0.112. The molecule has 0 aliphatic carbocycles. The van der Waals surface area contributed by atoms with Crippen LogP contribution in [0.3, 0.4) is 0 Å². The highest BCUT2D eigenvalue weighted by Crippen LogP contribution is 2.24. The van der Waals surface area contributed by atoms with Crippen LogP contribution in [0, 0.1) is 0 Å². The maximum Gasteiger partial charge on any atom is 0.153 e. The lowest BCUT2D eigenvalue weighted by Crippen LogP contribution is -1.84. The molecular weight excluding hydrogens is 212 g/mol. The molecule has 2 aromatic carbocycles. The Morgan fingerprint density at radius 2 is 1.88 bits per heavy atom. The average molecular weight is 222 g/mol. The van der Waals surface area contributed by atoms with Crippen molar-refractivity contribution < 1.29 is 4.79 Å². The van der Waals surface area contributed by atoms with Crippen molar-refractivity contribution in [2.45, 2.75) is 0 Å². The second kappa shape index (κ2) is 3.87. The number of rotatable bonds is 2. The Morgan fingerprint density at radius 1 is 1.06 bits per heavy atom. The number of aldehydes is 1. The van der Waals surface area contributed by atoms with Gasteiger partial charge in [-0.05, 0) is 16.8 Å². The number of benzene rings is 2. The van der Waals surface area contributed by atoms with Crippen LogP contribution in [0.25, 0.3) is 22.0 Å². The van der Waals surface area contributed by atoms with E-state index in [-0.39, 0.29) is 0 Å². The van der Waals surface area contributed by atoms with Crippen molar-refractivity contribution in [3.05, 3.63) is 54.2 Å². The predicted molar refractivity (Wildman–Crippen MR) is 66.9 cm³/mol. The number of nitrogens with zero attached hydrogens (tertiary/aromatic N) is 1. The van der Waals surface area contributed by atoms with Gasteiger partial charge in [0.15, 0.2) is 6.29 Å². The summed E-state index contributed by atoms with van der Waals surface area (Å²) in [4.78, 5) is 10.9. The van der Waals surface area contributed by atoms with Gasteiger partial charge in [-0.1, -0.05) is 36.4 Å². The third-order valence-electron chi connectivity index (χ3n) is 2.83. The van der Waals surface area contributed by atoms with E-state index >= 15 is 0 Å². The topological polar surface area (TPSA) is 45.8 Å². The first-order valence-electron chi connectivity index (χ1n) is 5.36. The van der Waals surface area contributed by atoms with Crippen molar-refractivity contribution >= 4 is 17.1 Å². The van der Waals surface area contributed by atoms with E-state index in [1.807, 2.05) is 24.3 Å². The normalized spacial score (nSPS) is 10.6. The Kier molecular flexibility index (Phi) is 2.22. The lowest BCUT2D eigenvalue weighted by atomic mass is 10.0.